The van der Waals surface area contributed by atoms with E-state index < -0.39 is 0 Å². The van der Waals surface area contributed by atoms with E-state index in [1.807, 2.05) is 12.1 Å². The lowest BCUT2D eigenvalue weighted by atomic mass is 9.93. The number of benzene rings is 9. The van der Waals surface area contributed by atoms with Crippen LogP contribution in [0, 0.1) is 5.92 Å². The zero-order valence-electron chi connectivity index (χ0n) is 33.2. The third kappa shape index (κ3) is 5.51. The standard InChI is InChI=1S/C57H40N2O/c1-37-20-35-55-53(36-37)50-12-4-6-18-54(50)59(55)44-32-30-43(31-33-44)58(42-28-23-40(24-29-42)47-15-9-17-52-51-13-5-7-19-56(51)60-57(47)52)41-26-21-39(22-27-41)46-14-8-16-48-45-11-3-2-10-38(45)25-34-49(46)48/h2-35,37H,36H2,1H3. The van der Waals surface area contributed by atoms with Gasteiger partial charge in [0.05, 0.1) is 5.52 Å². The molecule has 0 saturated heterocycles. The number of allylic oxidation sites excluding steroid dienone is 1. The Morgan fingerprint density at radius 1 is 0.483 bits per heavy atom. The van der Waals surface area contributed by atoms with Gasteiger partial charge in [0.25, 0.3) is 0 Å². The third-order valence-electron chi connectivity index (χ3n) is 12.6. The first-order chi connectivity index (χ1) is 29.7. The van der Waals surface area contributed by atoms with Crippen molar-refractivity contribution in [1.82, 2.24) is 4.57 Å². The van der Waals surface area contributed by atoms with Crippen LogP contribution in [0.2, 0.25) is 0 Å². The van der Waals surface area contributed by atoms with Gasteiger partial charge >= 0.3 is 0 Å². The summed E-state index contributed by atoms with van der Waals surface area (Å²) in [7, 11) is 0. The second kappa shape index (κ2) is 13.8. The number of hydrogen-bond acceptors (Lipinski definition) is 2. The maximum atomic E-state index is 6.44. The van der Waals surface area contributed by atoms with E-state index in [-0.39, 0.29) is 0 Å². The quantitative estimate of drug-likeness (QED) is 0.157. The highest BCUT2D eigenvalue weighted by atomic mass is 16.3. The number of para-hydroxylation sites is 3. The number of anilines is 3. The van der Waals surface area contributed by atoms with E-state index in [9.17, 15) is 0 Å². The lowest BCUT2D eigenvalue weighted by Crippen LogP contribution is -2.10. The summed E-state index contributed by atoms with van der Waals surface area (Å²) in [6.45, 7) is 2.30. The Kier molecular flexibility index (Phi) is 7.89. The van der Waals surface area contributed by atoms with Gasteiger partial charge in [0.1, 0.15) is 11.2 Å². The Hall–Kier alpha value is -7.62. The summed E-state index contributed by atoms with van der Waals surface area (Å²) in [6.07, 6.45) is 5.71. The fraction of sp³-hybridized carbons (Fsp3) is 0.0526. The van der Waals surface area contributed by atoms with Crippen molar-refractivity contribution in [3.8, 4) is 27.9 Å². The zero-order valence-corrected chi connectivity index (χ0v) is 33.2. The Morgan fingerprint density at radius 2 is 1.08 bits per heavy atom. The SMILES string of the molecule is CC1C=Cc2c(c3ccccc3n2-c2ccc(N(c3ccc(-c4cccc5c4ccc4ccccc45)cc3)c3ccc(-c4cccc5c4oc4ccccc45)cc3)cc2)C1. The summed E-state index contributed by atoms with van der Waals surface area (Å²) in [4.78, 5) is 2.36. The predicted molar refractivity (Wildman–Crippen MR) is 253 cm³/mol. The van der Waals surface area contributed by atoms with E-state index in [0.717, 1.165) is 62.2 Å². The first kappa shape index (κ1) is 34.4. The van der Waals surface area contributed by atoms with E-state index in [1.165, 1.54) is 54.8 Å². The molecule has 0 fully saturated rings. The fourth-order valence-electron chi connectivity index (χ4n) is 9.68. The average molecular weight is 769 g/mol. The van der Waals surface area contributed by atoms with Crippen LogP contribution in [0.5, 0.6) is 0 Å². The molecular formula is C57H40N2O. The molecule has 0 saturated carbocycles. The smallest absolute Gasteiger partial charge is 0.143 e. The lowest BCUT2D eigenvalue weighted by Gasteiger charge is -2.26. The summed E-state index contributed by atoms with van der Waals surface area (Å²) < 4.78 is 8.87. The maximum Gasteiger partial charge on any atom is 0.143 e. The molecule has 60 heavy (non-hydrogen) atoms. The van der Waals surface area contributed by atoms with Crippen molar-refractivity contribution in [3.05, 3.63) is 211 Å². The molecule has 9 aromatic carbocycles. The van der Waals surface area contributed by atoms with E-state index in [0.29, 0.717) is 5.92 Å². The van der Waals surface area contributed by atoms with Gasteiger partial charge in [-0.15, -0.1) is 0 Å². The average Bonchev–Trinajstić information content (AvgIpc) is 3.85. The number of hydrogen-bond donors (Lipinski definition) is 0. The van der Waals surface area contributed by atoms with Crippen molar-refractivity contribution in [2.75, 3.05) is 4.90 Å². The number of fused-ring (bicyclic) bond motifs is 9. The molecule has 284 valence electrons. The minimum atomic E-state index is 0.526. The number of rotatable bonds is 6. The molecule has 0 spiro atoms. The van der Waals surface area contributed by atoms with E-state index in [4.69, 9.17) is 4.42 Å². The van der Waals surface area contributed by atoms with Crippen LogP contribution >= 0.6 is 0 Å². The molecule has 1 atom stereocenters. The van der Waals surface area contributed by atoms with Gasteiger partial charge in [-0.05, 0) is 123 Å². The molecule has 11 aromatic rings. The molecule has 2 heterocycles. The number of aromatic nitrogens is 1. The molecule has 3 heteroatoms. The molecule has 12 rings (SSSR count). The number of furan rings is 1. The molecule has 1 aliphatic rings. The third-order valence-corrected chi connectivity index (χ3v) is 12.6. The zero-order chi connectivity index (χ0) is 39.7. The monoisotopic (exact) mass is 768 g/mol. The molecule has 0 aliphatic heterocycles. The predicted octanol–water partition coefficient (Wildman–Crippen LogP) is 15.8. The lowest BCUT2D eigenvalue weighted by molar-refractivity contribution is 0.670. The molecular weight excluding hydrogens is 729 g/mol. The minimum Gasteiger partial charge on any atom is -0.455 e. The summed E-state index contributed by atoms with van der Waals surface area (Å²) in [5.74, 6) is 0.526. The summed E-state index contributed by atoms with van der Waals surface area (Å²) in [5, 5.41) is 8.69. The molecule has 0 N–H and O–H groups in total. The molecule has 1 unspecified atom stereocenters. The van der Waals surface area contributed by atoms with Crippen LogP contribution in [0.15, 0.2) is 205 Å². The van der Waals surface area contributed by atoms with Crippen molar-refractivity contribution >= 4 is 77.5 Å². The van der Waals surface area contributed by atoms with Crippen molar-refractivity contribution in [2.24, 2.45) is 5.92 Å². The van der Waals surface area contributed by atoms with Gasteiger partial charge in [-0.3, -0.25) is 0 Å². The Balaban J connectivity index is 0.964. The van der Waals surface area contributed by atoms with Crippen LogP contribution in [-0.2, 0) is 6.42 Å². The van der Waals surface area contributed by atoms with Crippen molar-refractivity contribution in [1.29, 1.82) is 0 Å². The van der Waals surface area contributed by atoms with E-state index in [1.54, 1.807) is 0 Å². The van der Waals surface area contributed by atoms with Crippen LogP contribution in [0.25, 0.3) is 88.4 Å². The first-order valence-electron chi connectivity index (χ1n) is 20.9. The maximum absolute atomic E-state index is 6.44. The van der Waals surface area contributed by atoms with Gasteiger partial charge in [-0.2, -0.15) is 0 Å². The van der Waals surface area contributed by atoms with Gasteiger partial charge in [-0.25, -0.2) is 0 Å². The van der Waals surface area contributed by atoms with Gasteiger partial charge in [0, 0.05) is 50.2 Å². The Bertz CT molecular complexity index is 3460. The van der Waals surface area contributed by atoms with Crippen molar-refractivity contribution < 1.29 is 4.42 Å². The van der Waals surface area contributed by atoms with Crippen molar-refractivity contribution in [2.45, 2.75) is 13.3 Å². The van der Waals surface area contributed by atoms with Crippen LogP contribution < -0.4 is 4.90 Å². The summed E-state index contributed by atoms with van der Waals surface area (Å²) in [6, 6.07) is 70.4. The highest BCUT2D eigenvalue weighted by Gasteiger charge is 2.22. The van der Waals surface area contributed by atoms with E-state index in [2.05, 4.69) is 211 Å². The van der Waals surface area contributed by atoms with Crippen LogP contribution in [0.1, 0.15) is 18.2 Å². The molecule has 2 aromatic heterocycles. The second-order valence-corrected chi connectivity index (χ2v) is 16.2. The highest BCUT2D eigenvalue weighted by molar-refractivity contribution is 6.12. The molecule has 0 bridgehead atoms. The number of nitrogens with zero attached hydrogens (tertiary/aromatic N) is 2. The normalized spacial score (nSPS) is 13.8. The van der Waals surface area contributed by atoms with Crippen LogP contribution in [0.3, 0.4) is 0 Å². The minimum absolute atomic E-state index is 0.526. The largest absolute Gasteiger partial charge is 0.455 e. The van der Waals surface area contributed by atoms with Gasteiger partial charge in [0.2, 0.25) is 0 Å². The Morgan fingerprint density at radius 3 is 1.85 bits per heavy atom. The van der Waals surface area contributed by atoms with Gasteiger partial charge in [0.15, 0.2) is 0 Å². The molecule has 0 amide bonds. The molecule has 3 nitrogen and oxygen atoms in total. The van der Waals surface area contributed by atoms with Gasteiger partial charge < -0.3 is 13.9 Å². The second-order valence-electron chi connectivity index (χ2n) is 16.2. The fourth-order valence-corrected chi connectivity index (χ4v) is 9.68. The topological polar surface area (TPSA) is 21.3 Å². The van der Waals surface area contributed by atoms with Gasteiger partial charge in [-0.1, -0.05) is 146 Å². The van der Waals surface area contributed by atoms with Crippen molar-refractivity contribution in [3.63, 3.8) is 0 Å². The first-order valence-corrected chi connectivity index (χ1v) is 20.9. The Labute approximate surface area is 348 Å². The van der Waals surface area contributed by atoms with Crippen LogP contribution in [-0.4, -0.2) is 4.57 Å². The molecule has 0 radical (unpaired) electrons. The van der Waals surface area contributed by atoms with E-state index >= 15 is 0 Å². The highest BCUT2D eigenvalue weighted by Crippen LogP contribution is 2.42. The van der Waals surface area contributed by atoms with Crippen LogP contribution in [0.4, 0.5) is 17.1 Å². The summed E-state index contributed by atoms with van der Waals surface area (Å²) >= 11 is 0. The molecule has 1 aliphatic carbocycles. The summed E-state index contributed by atoms with van der Waals surface area (Å²) in [5.41, 5.74) is 14.8.